The molecule has 3 rings (SSSR count). The van der Waals surface area contributed by atoms with Crippen LogP contribution in [0.2, 0.25) is 0 Å². The van der Waals surface area contributed by atoms with Crippen LogP contribution in [0.4, 0.5) is 0 Å². The molecule has 21 heavy (non-hydrogen) atoms. The first-order chi connectivity index (χ1) is 10.1. The minimum absolute atomic E-state index is 0.237. The molecule has 2 aromatic heterocycles. The molecule has 0 unspecified atom stereocenters. The lowest BCUT2D eigenvalue weighted by molar-refractivity contribution is 0.0699. The molecule has 0 spiro atoms. The van der Waals surface area contributed by atoms with E-state index in [0.717, 1.165) is 23.6 Å². The van der Waals surface area contributed by atoms with Crippen LogP contribution in [0.25, 0.3) is 11.0 Å². The van der Waals surface area contributed by atoms with E-state index in [9.17, 15) is 9.90 Å². The van der Waals surface area contributed by atoms with Crippen molar-refractivity contribution in [3.8, 4) is 0 Å². The van der Waals surface area contributed by atoms with E-state index in [1.165, 1.54) is 0 Å². The highest BCUT2D eigenvalue weighted by atomic mass is 16.4. The van der Waals surface area contributed by atoms with Crippen LogP contribution < -0.4 is 0 Å². The number of carbonyl (C=O) groups is 1. The van der Waals surface area contributed by atoms with Gasteiger partial charge < -0.3 is 14.2 Å². The normalized spacial score (nSPS) is 11.1. The fourth-order valence-corrected chi connectivity index (χ4v) is 2.50. The number of aromatic nitrogens is 4. The molecule has 1 aromatic carbocycles. The van der Waals surface area contributed by atoms with E-state index < -0.39 is 5.97 Å². The molecule has 0 radical (unpaired) electrons. The topological polar surface area (TPSA) is 72.9 Å². The summed E-state index contributed by atoms with van der Waals surface area (Å²) in [6.45, 7) is 2.59. The maximum atomic E-state index is 11.3. The molecule has 0 fully saturated rings. The van der Waals surface area contributed by atoms with Crippen LogP contribution >= 0.6 is 0 Å². The number of hydrogen-bond donors (Lipinski definition) is 1. The van der Waals surface area contributed by atoms with Crippen molar-refractivity contribution in [2.45, 2.75) is 19.9 Å². The molecular formula is C15H16N4O2. The second-order valence-electron chi connectivity index (χ2n) is 4.90. The third kappa shape index (κ3) is 2.18. The largest absolute Gasteiger partial charge is 0.478 e. The zero-order valence-electron chi connectivity index (χ0n) is 11.9. The number of carboxylic acid groups (broad SMARTS) is 1. The van der Waals surface area contributed by atoms with Crippen LogP contribution in [-0.4, -0.2) is 30.2 Å². The van der Waals surface area contributed by atoms with E-state index in [1.54, 1.807) is 18.3 Å². The van der Waals surface area contributed by atoms with Gasteiger partial charge in [-0.1, -0.05) is 13.0 Å². The van der Waals surface area contributed by atoms with Crippen molar-refractivity contribution in [1.82, 2.24) is 19.1 Å². The first kappa shape index (κ1) is 13.4. The summed E-state index contributed by atoms with van der Waals surface area (Å²) in [5, 5.41) is 9.29. The zero-order chi connectivity index (χ0) is 15.0. The van der Waals surface area contributed by atoms with Crippen molar-refractivity contribution in [3.63, 3.8) is 0 Å². The molecule has 0 bridgehead atoms. The lowest BCUT2D eigenvalue weighted by Crippen LogP contribution is -2.08. The van der Waals surface area contributed by atoms with Gasteiger partial charge in [-0.2, -0.15) is 0 Å². The first-order valence-corrected chi connectivity index (χ1v) is 6.79. The van der Waals surface area contributed by atoms with Gasteiger partial charge in [0.05, 0.1) is 17.6 Å². The van der Waals surface area contributed by atoms with Crippen molar-refractivity contribution in [1.29, 1.82) is 0 Å². The Labute approximate surface area is 121 Å². The average molecular weight is 284 g/mol. The summed E-state index contributed by atoms with van der Waals surface area (Å²) in [5.41, 5.74) is 1.60. The minimum Gasteiger partial charge on any atom is -0.478 e. The minimum atomic E-state index is -0.954. The number of benzene rings is 1. The predicted molar refractivity (Wildman–Crippen MR) is 78.4 cm³/mol. The zero-order valence-corrected chi connectivity index (χ0v) is 11.9. The Morgan fingerprint density at radius 3 is 2.76 bits per heavy atom. The van der Waals surface area contributed by atoms with Crippen LogP contribution in [0, 0.1) is 0 Å². The van der Waals surface area contributed by atoms with Gasteiger partial charge in [0.15, 0.2) is 0 Å². The fourth-order valence-electron chi connectivity index (χ4n) is 2.50. The number of fused-ring (bicyclic) bond motifs is 1. The molecule has 0 saturated heterocycles. The van der Waals surface area contributed by atoms with Gasteiger partial charge in [-0.25, -0.2) is 14.8 Å². The number of aryl methyl sites for hydroxylation is 2. The van der Waals surface area contributed by atoms with Crippen LogP contribution in [-0.2, 0) is 20.0 Å². The number of rotatable bonds is 4. The summed E-state index contributed by atoms with van der Waals surface area (Å²) in [6.07, 6.45) is 4.38. The molecular weight excluding hydrogens is 268 g/mol. The number of carboxylic acids is 1. The van der Waals surface area contributed by atoms with Crippen molar-refractivity contribution >= 4 is 17.0 Å². The Morgan fingerprint density at radius 1 is 1.33 bits per heavy atom. The quantitative estimate of drug-likeness (QED) is 0.796. The number of imidazole rings is 2. The van der Waals surface area contributed by atoms with Crippen LogP contribution in [0.3, 0.4) is 0 Å². The predicted octanol–water partition coefficient (Wildman–Crippen LogP) is 2.08. The van der Waals surface area contributed by atoms with Gasteiger partial charge in [0.2, 0.25) is 0 Å². The van der Waals surface area contributed by atoms with E-state index in [4.69, 9.17) is 0 Å². The Balaban J connectivity index is 2.19. The Bertz CT molecular complexity index is 816. The van der Waals surface area contributed by atoms with Crippen molar-refractivity contribution in [2.24, 2.45) is 7.05 Å². The number of hydrogen-bond acceptors (Lipinski definition) is 3. The molecule has 0 aliphatic heterocycles. The Morgan fingerprint density at radius 2 is 2.14 bits per heavy atom. The highest BCUT2D eigenvalue weighted by molar-refractivity contribution is 6.01. The van der Waals surface area contributed by atoms with Gasteiger partial charge in [-0.05, 0) is 12.1 Å². The standard InChI is InChI=1S/C15H16N4O2/c1-3-12-17-14-10(15(20)21)5-4-6-11(14)19(12)9-13-16-7-8-18(13)2/h4-8H,3,9H2,1-2H3,(H,20,21). The van der Waals surface area contributed by atoms with Crippen molar-refractivity contribution in [2.75, 3.05) is 0 Å². The molecule has 108 valence electrons. The Kier molecular flexibility index (Phi) is 3.21. The van der Waals surface area contributed by atoms with Gasteiger partial charge in [0.1, 0.15) is 17.2 Å². The maximum absolute atomic E-state index is 11.3. The van der Waals surface area contributed by atoms with Gasteiger partial charge in [-0.15, -0.1) is 0 Å². The van der Waals surface area contributed by atoms with Gasteiger partial charge in [0, 0.05) is 25.9 Å². The smallest absolute Gasteiger partial charge is 0.337 e. The third-order valence-electron chi connectivity index (χ3n) is 3.63. The SMILES string of the molecule is CCc1nc2c(C(=O)O)cccc2n1Cc1nccn1C. The molecule has 0 aliphatic rings. The number of para-hydroxylation sites is 1. The second kappa shape index (κ2) is 5.05. The molecule has 0 amide bonds. The van der Waals surface area contributed by atoms with E-state index in [1.807, 2.05) is 35.4 Å². The molecule has 0 atom stereocenters. The first-order valence-electron chi connectivity index (χ1n) is 6.79. The summed E-state index contributed by atoms with van der Waals surface area (Å²) >= 11 is 0. The van der Waals surface area contributed by atoms with Crippen LogP contribution in [0.5, 0.6) is 0 Å². The van der Waals surface area contributed by atoms with E-state index in [0.29, 0.717) is 12.1 Å². The highest BCUT2D eigenvalue weighted by Crippen LogP contribution is 2.21. The fraction of sp³-hybridized carbons (Fsp3) is 0.267. The summed E-state index contributed by atoms with van der Waals surface area (Å²) in [7, 11) is 1.94. The molecule has 3 aromatic rings. The molecule has 6 nitrogen and oxygen atoms in total. The third-order valence-corrected chi connectivity index (χ3v) is 3.63. The van der Waals surface area contributed by atoms with Gasteiger partial charge in [-0.3, -0.25) is 0 Å². The van der Waals surface area contributed by atoms with Crippen LogP contribution in [0.15, 0.2) is 30.6 Å². The Hall–Kier alpha value is -2.63. The number of aromatic carboxylic acids is 1. The van der Waals surface area contributed by atoms with E-state index in [-0.39, 0.29) is 5.56 Å². The molecule has 0 saturated carbocycles. The monoisotopic (exact) mass is 284 g/mol. The highest BCUT2D eigenvalue weighted by Gasteiger charge is 2.17. The van der Waals surface area contributed by atoms with Gasteiger partial charge in [0.25, 0.3) is 0 Å². The van der Waals surface area contributed by atoms with Gasteiger partial charge >= 0.3 is 5.97 Å². The van der Waals surface area contributed by atoms with Crippen molar-refractivity contribution in [3.05, 3.63) is 47.8 Å². The van der Waals surface area contributed by atoms with Crippen molar-refractivity contribution < 1.29 is 9.90 Å². The van der Waals surface area contributed by atoms with E-state index >= 15 is 0 Å². The molecule has 0 aliphatic carbocycles. The molecule has 1 N–H and O–H groups in total. The maximum Gasteiger partial charge on any atom is 0.337 e. The summed E-state index contributed by atoms with van der Waals surface area (Å²) in [4.78, 5) is 20.2. The lowest BCUT2D eigenvalue weighted by Gasteiger charge is -2.08. The van der Waals surface area contributed by atoms with Crippen LogP contribution in [0.1, 0.15) is 28.9 Å². The molecule has 2 heterocycles. The summed E-state index contributed by atoms with van der Waals surface area (Å²) < 4.78 is 3.98. The molecule has 6 heteroatoms. The summed E-state index contributed by atoms with van der Waals surface area (Å²) in [5.74, 6) is 0.816. The average Bonchev–Trinajstić information content (AvgIpc) is 3.03. The van der Waals surface area contributed by atoms with E-state index in [2.05, 4.69) is 9.97 Å². The second-order valence-corrected chi connectivity index (χ2v) is 4.90. The number of nitrogens with zero attached hydrogens (tertiary/aromatic N) is 4. The summed E-state index contributed by atoms with van der Waals surface area (Å²) in [6, 6.07) is 5.24. The lowest BCUT2D eigenvalue weighted by atomic mass is 10.2.